The van der Waals surface area contributed by atoms with Crippen LogP contribution in [0.5, 0.6) is 0 Å². The van der Waals surface area contributed by atoms with E-state index in [1.165, 1.54) is 27.9 Å². The molecule has 0 spiro atoms. The molecule has 0 amide bonds. The first-order chi connectivity index (χ1) is 11.0. The molecule has 0 radical (unpaired) electrons. The Kier molecular flexibility index (Phi) is 4.23. The lowest BCUT2D eigenvalue weighted by molar-refractivity contribution is 0.219. The predicted octanol–water partition coefficient (Wildman–Crippen LogP) is 5.54. The highest BCUT2D eigenvalue weighted by Gasteiger charge is 2.28. The summed E-state index contributed by atoms with van der Waals surface area (Å²) in [5, 5.41) is 10.9. The average Bonchev–Trinajstić information content (AvgIpc) is 2.78. The summed E-state index contributed by atoms with van der Waals surface area (Å²) >= 11 is 0. The van der Waals surface area contributed by atoms with Crippen LogP contribution in [0.25, 0.3) is 0 Å². The van der Waals surface area contributed by atoms with E-state index < -0.39 is 6.10 Å². The zero-order valence-electron chi connectivity index (χ0n) is 14.3. The van der Waals surface area contributed by atoms with E-state index in [0.29, 0.717) is 0 Å². The van der Waals surface area contributed by atoms with Crippen LogP contribution in [0.3, 0.4) is 0 Å². The summed E-state index contributed by atoms with van der Waals surface area (Å²) in [6, 6.07) is 18.2. The Morgan fingerprint density at radius 3 is 1.87 bits per heavy atom. The van der Waals surface area contributed by atoms with Gasteiger partial charge in [0.15, 0.2) is 0 Å². The van der Waals surface area contributed by atoms with Crippen molar-refractivity contribution in [2.45, 2.75) is 39.7 Å². The molecule has 0 fully saturated rings. The van der Waals surface area contributed by atoms with Gasteiger partial charge in [0.25, 0.3) is 0 Å². The van der Waals surface area contributed by atoms with E-state index in [-0.39, 0.29) is 5.92 Å². The van der Waals surface area contributed by atoms with E-state index in [1.54, 1.807) is 0 Å². The zero-order chi connectivity index (χ0) is 16.6. The standard InChI is InChI=1S/C22H24O/c1-14-15(2)17(4)21(16(14)3)19-12-8-9-13-20(19)22(23)18-10-6-5-7-11-18/h5-13,21-23H,1-4H3. The molecular weight excluding hydrogens is 280 g/mol. The Morgan fingerprint density at radius 2 is 1.26 bits per heavy atom. The fraction of sp³-hybridized carbons (Fsp3) is 0.273. The minimum Gasteiger partial charge on any atom is -0.384 e. The van der Waals surface area contributed by atoms with Crippen LogP contribution in [0.4, 0.5) is 0 Å². The minimum atomic E-state index is -0.589. The second kappa shape index (κ2) is 6.17. The summed E-state index contributed by atoms with van der Waals surface area (Å²) < 4.78 is 0. The van der Waals surface area contributed by atoms with Crippen LogP contribution in [0.2, 0.25) is 0 Å². The first-order valence-corrected chi connectivity index (χ1v) is 8.19. The van der Waals surface area contributed by atoms with Crippen molar-refractivity contribution in [1.29, 1.82) is 0 Å². The lowest BCUT2D eigenvalue weighted by Crippen LogP contribution is -2.08. The number of benzene rings is 2. The molecule has 1 atom stereocenters. The topological polar surface area (TPSA) is 20.2 Å². The smallest absolute Gasteiger partial charge is 0.104 e. The highest BCUT2D eigenvalue weighted by Crippen LogP contribution is 2.45. The summed E-state index contributed by atoms with van der Waals surface area (Å²) in [5.74, 6) is 0.282. The summed E-state index contributed by atoms with van der Waals surface area (Å²) in [7, 11) is 0. The van der Waals surface area contributed by atoms with Crippen molar-refractivity contribution in [1.82, 2.24) is 0 Å². The fourth-order valence-corrected chi connectivity index (χ4v) is 3.65. The van der Waals surface area contributed by atoms with Crippen LogP contribution in [-0.2, 0) is 0 Å². The van der Waals surface area contributed by atoms with Gasteiger partial charge in [-0.1, -0.05) is 65.7 Å². The van der Waals surface area contributed by atoms with Crippen molar-refractivity contribution in [3.8, 4) is 0 Å². The van der Waals surface area contributed by atoms with Gasteiger partial charge in [0.2, 0.25) is 0 Å². The van der Waals surface area contributed by atoms with E-state index in [0.717, 1.165) is 11.1 Å². The first-order valence-electron chi connectivity index (χ1n) is 8.19. The molecule has 1 heteroatoms. The van der Waals surface area contributed by atoms with Gasteiger partial charge in [-0.05, 0) is 55.5 Å². The molecule has 0 aliphatic heterocycles. The van der Waals surface area contributed by atoms with Crippen molar-refractivity contribution in [3.63, 3.8) is 0 Å². The fourth-order valence-electron chi connectivity index (χ4n) is 3.65. The quantitative estimate of drug-likeness (QED) is 0.789. The number of hydrogen-bond donors (Lipinski definition) is 1. The van der Waals surface area contributed by atoms with Gasteiger partial charge in [0.05, 0.1) is 0 Å². The van der Waals surface area contributed by atoms with Crippen LogP contribution in [0.15, 0.2) is 76.9 Å². The van der Waals surface area contributed by atoms with Crippen molar-refractivity contribution in [3.05, 3.63) is 93.6 Å². The Bertz CT molecular complexity index is 757. The van der Waals surface area contributed by atoms with Gasteiger partial charge in [0, 0.05) is 5.92 Å². The van der Waals surface area contributed by atoms with Crippen molar-refractivity contribution in [2.24, 2.45) is 0 Å². The summed E-state index contributed by atoms with van der Waals surface area (Å²) in [6.07, 6.45) is -0.589. The molecule has 1 unspecified atom stereocenters. The highest BCUT2D eigenvalue weighted by molar-refractivity contribution is 5.56. The van der Waals surface area contributed by atoms with Gasteiger partial charge in [-0.3, -0.25) is 0 Å². The van der Waals surface area contributed by atoms with E-state index >= 15 is 0 Å². The SMILES string of the molecule is CC1=C(C)C(c2ccccc2C(O)c2ccccc2)C(C)=C1C. The molecule has 118 valence electrons. The molecule has 1 aliphatic rings. The summed E-state index contributed by atoms with van der Waals surface area (Å²) in [5.41, 5.74) is 8.73. The van der Waals surface area contributed by atoms with Gasteiger partial charge in [-0.25, -0.2) is 0 Å². The molecule has 1 nitrogen and oxygen atoms in total. The van der Waals surface area contributed by atoms with Crippen molar-refractivity contribution >= 4 is 0 Å². The molecular formula is C22H24O. The van der Waals surface area contributed by atoms with Gasteiger partial charge in [-0.15, -0.1) is 0 Å². The molecule has 3 rings (SSSR count). The van der Waals surface area contributed by atoms with Crippen molar-refractivity contribution in [2.75, 3.05) is 0 Å². The molecule has 0 saturated heterocycles. The Morgan fingerprint density at radius 1 is 0.739 bits per heavy atom. The molecule has 1 N–H and O–H groups in total. The summed E-state index contributed by atoms with van der Waals surface area (Å²) in [6.45, 7) is 8.83. The molecule has 2 aromatic carbocycles. The molecule has 1 aliphatic carbocycles. The van der Waals surface area contributed by atoms with Crippen LogP contribution >= 0.6 is 0 Å². The van der Waals surface area contributed by atoms with Gasteiger partial charge >= 0.3 is 0 Å². The Hall–Kier alpha value is -2.12. The number of hydrogen-bond acceptors (Lipinski definition) is 1. The van der Waals surface area contributed by atoms with Crippen molar-refractivity contribution < 1.29 is 5.11 Å². The van der Waals surface area contributed by atoms with E-state index in [9.17, 15) is 5.11 Å². The number of allylic oxidation sites excluding steroid dienone is 4. The predicted molar refractivity (Wildman–Crippen MR) is 96.4 cm³/mol. The van der Waals surface area contributed by atoms with Crippen LogP contribution in [0, 0.1) is 0 Å². The Balaban J connectivity index is 2.10. The van der Waals surface area contributed by atoms with E-state index in [4.69, 9.17) is 0 Å². The zero-order valence-corrected chi connectivity index (χ0v) is 14.3. The number of rotatable bonds is 3. The third-order valence-corrected chi connectivity index (χ3v) is 5.33. The van der Waals surface area contributed by atoms with Gasteiger partial charge in [0.1, 0.15) is 6.10 Å². The van der Waals surface area contributed by atoms with Gasteiger partial charge in [-0.2, -0.15) is 0 Å². The molecule has 0 heterocycles. The third-order valence-electron chi connectivity index (χ3n) is 5.33. The van der Waals surface area contributed by atoms with E-state index in [1.807, 2.05) is 36.4 Å². The number of aliphatic hydroxyl groups excluding tert-OH is 1. The first kappa shape index (κ1) is 15.8. The van der Waals surface area contributed by atoms with E-state index in [2.05, 4.69) is 45.9 Å². The molecule has 2 aromatic rings. The number of aliphatic hydroxyl groups is 1. The van der Waals surface area contributed by atoms with Crippen LogP contribution < -0.4 is 0 Å². The van der Waals surface area contributed by atoms with Gasteiger partial charge < -0.3 is 5.11 Å². The second-order valence-electron chi connectivity index (χ2n) is 6.49. The molecule has 0 bridgehead atoms. The third kappa shape index (κ3) is 2.66. The lowest BCUT2D eigenvalue weighted by Gasteiger charge is -2.22. The monoisotopic (exact) mass is 304 g/mol. The normalized spacial score (nSPS) is 17.1. The maximum atomic E-state index is 10.9. The van der Waals surface area contributed by atoms with Crippen LogP contribution in [0.1, 0.15) is 56.4 Å². The molecule has 0 aromatic heterocycles. The highest BCUT2D eigenvalue weighted by atomic mass is 16.3. The maximum Gasteiger partial charge on any atom is 0.104 e. The molecule has 23 heavy (non-hydrogen) atoms. The second-order valence-corrected chi connectivity index (χ2v) is 6.49. The largest absolute Gasteiger partial charge is 0.384 e. The average molecular weight is 304 g/mol. The molecule has 0 saturated carbocycles. The Labute approximate surface area is 139 Å². The minimum absolute atomic E-state index is 0.282. The summed E-state index contributed by atoms with van der Waals surface area (Å²) in [4.78, 5) is 0. The lowest BCUT2D eigenvalue weighted by atomic mass is 9.83. The maximum absolute atomic E-state index is 10.9. The van der Waals surface area contributed by atoms with Crippen LogP contribution in [-0.4, -0.2) is 5.11 Å².